The van der Waals surface area contributed by atoms with Crippen molar-refractivity contribution in [2.75, 3.05) is 11.9 Å². The summed E-state index contributed by atoms with van der Waals surface area (Å²) in [5.74, 6) is 0.922. The molecule has 0 atom stereocenters. The van der Waals surface area contributed by atoms with Gasteiger partial charge in [0.15, 0.2) is 0 Å². The summed E-state index contributed by atoms with van der Waals surface area (Å²) in [5, 5.41) is 0. The zero-order valence-electron chi connectivity index (χ0n) is 11.4. The van der Waals surface area contributed by atoms with Crippen LogP contribution >= 0.6 is 28.1 Å². The number of thiocarbonyl (C=S) groups is 1. The van der Waals surface area contributed by atoms with Crippen molar-refractivity contribution in [3.05, 3.63) is 57.7 Å². The second kappa shape index (κ2) is 6.33. The molecule has 5 heteroatoms. The van der Waals surface area contributed by atoms with E-state index in [1.807, 2.05) is 37.5 Å². The Morgan fingerprint density at radius 3 is 2.85 bits per heavy atom. The molecule has 2 rings (SSSR count). The van der Waals surface area contributed by atoms with Gasteiger partial charge in [-0.15, -0.1) is 0 Å². The molecule has 3 nitrogen and oxygen atoms in total. The van der Waals surface area contributed by atoms with Gasteiger partial charge in [0.2, 0.25) is 0 Å². The van der Waals surface area contributed by atoms with Gasteiger partial charge in [0.25, 0.3) is 0 Å². The second-order valence-corrected chi connectivity index (χ2v) is 5.92. The van der Waals surface area contributed by atoms with Gasteiger partial charge in [-0.3, -0.25) is 0 Å². The van der Waals surface area contributed by atoms with E-state index in [-0.39, 0.29) is 0 Å². The summed E-state index contributed by atoms with van der Waals surface area (Å²) < 4.78 is 1.02. The van der Waals surface area contributed by atoms with Gasteiger partial charge in [-0.1, -0.05) is 30.4 Å². The van der Waals surface area contributed by atoms with E-state index in [0.717, 1.165) is 28.0 Å². The lowest BCUT2D eigenvalue weighted by Crippen LogP contribution is -2.19. The van der Waals surface area contributed by atoms with E-state index in [4.69, 9.17) is 18.0 Å². The summed E-state index contributed by atoms with van der Waals surface area (Å²) >= 11 is 8.60. The SMILES string of the molecule is Cc1ccnc(N(C)Cc2cccc(C(N)=S)c2)c1Br. The number of rotatable bonds is 4. The maximum Gasteiger partial charge on any atom is 0.143 e. The van der Waals surface area contributed by atoms with Gasteiger partial charge in [0, 0.05) is 25.4 Å². The first-order chi connectivity index (χ1) is 9.49. The number of benzene rings is 1. The Bertz CT molecular complexity index is 643. The number of hydrogen-bond donors (Lipinski definition) is 1. The summed E-state index contributed by atoms with van der Waals surface area (Å²) in [6.07, 6.45) is 1.82. The maximum atomic E-state index is 5.67. The van der Waals surface area contributed by atoms with E-state index < -0.39 is 0 Å². The van der Waals surface area contributed by atoms with Crippen LogP contribution in [0.2, 0.25) is 0 Å². The third kappa shape index (κ3) is 3.35. The molecule has 0 saturated carbocycles. The minimum atomic E-state index is 0.421. The average molecular weight is 350 g/mol. The van der Waals surface area contributed by atoms with Crippen LogP contribution in [0.3, 0.4) is 0 Å². The molecule has 0 aliphatic carbocycles. The lowest BCUT2D eigenvalue weighted by molar-refractivity contribution is 0.891. The van der Waals surface area contributed by atoms with Crippen LogP contribution in [0.1, 0.15) is 16.7 Å². The van der Waals surface area contributed by atoms with Crippen molar-refractivity contribution in [1.29, 1.82) is 0 Å². The van der Waals surface area contributed by atoms with E-state index in [2.05, 4.69) is 38.8 Å². The molecule has 1 aromatic carbocycles. The number of anilines is 1. The van der Waals surface area contributed by atoms with Crippen molar-refractivity contribution >= 4 is 39.0 Å². The number of nitrogens with zero attached hydrogens (tertiary/aromatic N) is 2. The minimum Gasteiger partial charge on any atom is -0.389 e. The van der Waals surface area contributed by atoms with Crippen LogP contribution in [0.5, 0.6) is 0 Å². The molecule has 20 heavy (non-hydrogen) atoms. The molecule has 0 aliphatic rings. The third-order valence-corrected chi connectivity index (χ3v) is 4.27. The molecular formula is C15H16BrN3S. The molecule has 0 fully saturated rings. The summed E-state index contributed by atoms with van der Waals surface area (Å²) in [6.45, 7) is 2.79. The molecule has 0 saturated heterocycles. The molecule has 0 radical (unpaired) electrons. The van der Waals surface area contributed by atoms with E-state index in [1.165, 1.54) is 5.56 Å². The zero-order chi connectivity index (χ0) is 14.7. The molecule has 2 N–H and O–H groups in total. The Hall–Kier alpha value is -1.46. The first kappa shape index (κ1) is 14.9. The smallest absolute Gasteiger partial charge is 0.143 e. The van der Waals surface area contributed by atoms with Crippen LogP contribution in [0.15, 0.2) is 41.0 Å². The van der Waals surface area contributed by atoms with E-state index in [0.29, 0.717) is 4.99 Å². The molecule has 0 spiro atoms. The number of aryl methyl sites for hydroxylation is 1. The predicted molar refractivity (Wildman–Crippen MR) is 91.1 cm³/mol. The third-order valence-electron chi connectivity index (χ3n) is 3.06. The van der Waals surface area contributed by atoms with E-state index in [1.54, 1.807) is 0 Å². The fourth-order valence-corrected chi connectivity index (χ4v) is 2.63. The molecule has 104 valence electrons. The van der Waals surface area contributed by atoms with Crippen molar-refractivity contribution in [2.45, 2.75) is 13.5 Å². The number of hydrogen-bond acceptors (Lipinski definition) is 3. The van der Waals surface area contributed by atoms with Gasteiger partial charge in [-0.2, -0.15) is 0 Å². The van der Waals surface area contributed by atoms with Gasteiger partial charge in [0.1, 0.15) is 10.8 Å². The Balaban J connectivity index is 2.23. The molecule has 1 aromatic heterocycles. The number of nitrogens with two attached hydrogens (primary N) is 1. The van der Waals surface area contributed by atoms with Gasteiger partial charge in [-0.25, -0.2) is 4.98 Å². The standard InChI is InChI=1S/C15H16BrN3S/c1-10-6-7-18-15(13(10)16)19(2)9-11-4-3-5-12(8-11)14(17)20/h3-8H,9H2,1-2H3,(H2,17,20). The number of halogens is 1. The molecule has 0 bridgehead atoms. The number of pyridine rings is 1. The second-order valence-electron chi connectivity index (χ2n) is 4.69. The van der Waals surface area contributed by atoms with Crippen LogP contribution in [0.25, 0.3) is 0 Å². The predicted octanol–water partition coefficient (Wildman–Crippen LogP) is 3.42. The van der Waals surface area contributed by atoms with Crippen molar-refractivity contribution in [3.8, 4) is 0 Å². The van der Waals surface area contributed by atoms with Crippen molar-refractivity contribution in [2.24, 2.45) is 5.73 Å². The van der Waals surface area contributed by atoms with Crippen molar-refractivity contribution in [3.63, 3.8) is 0 Å². The maximum absolute atomic E-state index is 5.67. The highest BCUT2D eigenvalue weighted by molar-refractivity contribution is 9.10. The highest BCUT2D eigenvalue weighted by atomic mass is 79.9. The minimum absolute atomic E-state index is 0.421. The Morgan fingerprint density at radius 2 is 2.15 bits per heavy atom. The topological polar surface area (TPSA) is 42.2 Å². The summed E-state index contributed by atoms with van der Waals surface area (Å²) in [4.78, 5) is 6.94. The molecule has 0 aliphatic heterocycles. The fraction of sp³-hybridized carbons (Fsp3) is 0.200. The Morgan fingerprint density at radius 1 is 1.40 bits per heavy atom. The van der Waals surface area contributed by atoms with Gasteiger partial charge in [0.05, 0.1) is 4.47 Å². The lowest BCUT2D eigenvalue weighted by Gasteiger charge is -2.20. The summed E-state index contributed by atoms with van der Waals surface area (Å²) in [6, 6.07) is 9.95. The van der Waals surface area contributed by atoms with Crippen LogP contribution in [-0.4, -0.2) is 17.0 Å². The monoisotopic (exact) mass is 349 g/mol. The molecule has 0 amide bonds. The Kier molecular flexibility index (Phi) is 4.73. The van der Waals surface area contributed by atoms with E-state index in [9.17, 15) is 0 Å². The van der Waals surface area contributed by atoms with Crippen LogP contribution in [-0.2, 0) is 6.54 Å². The average Bonchev–Trinajstić information content (AvgIpc) is 2.42. The highest BCUT2D eigenvalue weighted by Crippen LogP contribution is 2.27. The lowest BCUT2D eigenvalue weighted by atomic mass is 10.1. The van der Waals surface area contributed by atoms with Crippen LogP contribution in [0.4, 0.5) is 5.82 Å². The molecule has 0 unspecified atom stereocenters. The van der Waals surface area contributed by atoms with Gasteiger partial charge >= 0.3 is 0 Å². The first-order valence-corrected chi connectivity index (χ1v) is 7.40. The zero-order valence-corrected chi connectivity index (χ0v) is 13.8. The van der Waals surface area contributed by atoms with Crippen molar-refractivity contribution < 1.29 is 0 Å². The van der Waals surface area contributed by atoms with Gasteiger partial charge in [-0.05, 0) is 46.1 Å². The Labute approximate surface area is 132 Å². The molecular weight excluding hydrogens is 334 g/mol. The van der Waals surface area contributed by atoms with Crippen LogP contribution < -0.4 is 10.6 Å². The number of aromatic nitrogens is 1. The molecule has 2 aromatic rings. The largest absolute Gasteiger partial charge is 0.389 e. The fourth-order valence-electron chi connectivity index (χ4n) is 1.96. The highest BCUT2D eigenvalue weighted by Gasteiger charge is 2.10. The summed E-state index contributed by atoms with van der Waals surface area (Å²) in [7, 11) is 2.01. The van der Waals surface area contributed by atoms with Crippen LogP contribution in [0, 0.1) is 6.92 Å². The van der Waals surface area contributed by atoms with Gasteiger partial charge < -0.3 is 10.6 Å². The van der Waals surface area contributed by atoms with Crippen molar-refractivity contribution in [1.82, 2.24) is 4.98 Å². The van der Waals surface area contributed by atoms with E-state index >= 15 is 0 Å². The first-order valence-electron chi connectivity index (χ1n) is 6.20. The molecule has 1 heterocycles. The normalized spacial score (nSPS) is 10.3. The quantitative estimate of drug-likeness (QED) is 0.858. The summed E-state index contributed by atoms with van der Waals surface area (Å²) in [5.41, 5.74) is 8.87.